The van der Waals surface area contributed by atoms with Crippen molar-refractivity contribution in [1.82, 2.24) is 0 Å². The molecule has 1 aliphatic rings. The second-order valence-electron chi connectivity index (χ2n) is 5.02. The molecule has 0 aliphatic carbocycles. The Morgan fingerprint density at radius 1 is 1.20 bits per heavy atom. The number of carbonyl (C=O) groups is 1. The van der Waals surface area contributed by atoms with Crippen molar-refractivity contribution in [3.63, 3.8) is 0 Å². The summed E-state index contributed by atoms with van der Waals surface area (Å²) in [5.41, 5.74) is 1.61. The van der Waals surface area contributed by atoms with Crippen LogP contribution in [-0.2, 0) is 4.79 Å². The van der Waals surface area contributed by atoms with Gasteiger partial charge in [-0.3, -0.25) is 4.79 Å². The van der Waals surface area contributed by atoms with Crippen LogP contribution in [0.4, 0.5) is 5.69 Å². The third-order valence-electron chi connectivity index (χ3n) is 3.81. The zero-order valence-electron chi connectivity index (χ0n) is 12.2. The van der Waals surface area contributed by atoms with Crippen LogP contribution in [0, 0.1) is 0 Å². The van der Waals surface area contributed by atoms with Gasteiger partial charge >= 0.3 is 5.97 Å². The minimum atomic E-state index is -0.876. The SMILES string of the molecule is COc1cc(N2CCCC2)c(OC)cc1C(C)C(=O)O. The van der Waals surface area contributed by atoms with Crippen LogP contribution in [0.25, 0.3) is 0 Å². The highest BCUT2D eigenvalue weighted by Crippen LogP contribution is 2.39. The minimum absolute atomic E-state index is 0.600. The zero-order valence-corrected chi connectivity index (χ0v) is 12.2. The van der Waals surface area contributed by atoms with Gasteiger partial charge in [0.15, 0.2) is 0 Å². The Hall–Kier alpha value is -1.91. The Morgan fingerprint density at radius 3 is 2.30 bits per heavy atom. The maximum Gasteiger partial charge on any atom is 0.310 e. The summed E-state index contributed by atoms with van der Waals surface area (Å²) in [6.07, 6.45) is 2.33. The lowest BCUT2D eigenvalue weighted by atomic mass is 9.99. The molecule has 0 amide bonds. The summed E-state index contributed by atoms with van der Waals surface area (Å²) >= 11 is 0. The molecule has 1 heterocycles. The van der Waals surface area contributed by atoms with E-state index in [0.29, 0.717) is 17.1 Å². The van der Waals surface area contributed by atoms with Gasteiger partial charge in [-0.2, -0.15) is 0 Å². The van der Waals surface area contributed by atoms with Gasteiger partial charge in [-0.1, -0.05) is 0 Å². The van der Waals surface area contributed by atoms with E-state index in [9.17, 15) is 9.90 Å². The van der Waals surface area contributed by atoms with Gasteiger partial charge < -0.3 is 19.5 Å². The number of hydrogen-bond donors (Lipinski definition) is 1. The van der Waals surface area contributed by atoms with Crippen molar-refractivity contribution in [1.29, 1.82) is 0 Å². The normalized spacial score (nSPS) is 16.1. The first-order chi connectivity index (χ1) is 9.58. The number of carboxylic acids is 1. The van der Waals surface area contributed by atoms with Gasteiger partial charge in [-0.25, -0.2) is 0 Å². The van der Waals surface area contributed by atoms with Crippen LogP contribution in [0.5, 0.6) is 11.5 Å². The topological polar surface area (TPSA) is 59.0 Å². The van der Waals surface area contributed by atoms with Crippen molar-refractivity contribution in [2.45, 2.75) is 25.7 Å². The van der Waals surface area contributed by atoms with Crippen molar-refractivity contribution in [2.24, 2.45) is 0 Å². The number of nitrogens with zero attached hydrogens (tertiary/aromatic N) is 1. The molecule has 1 aromatic rings. The van der Waals surface area contributed by atoms with E-state index >= 15 is 0 Å². The Balaban J connectivity index is 2.47. The molecule has 110 valence electrons. The molecule has 1 aliphatic heterocycles. The number of benzene rings is 1. The third kappa shape index (κ3) is 2.66. The molecule has 1 atom stereocenters. The average molecular weight is 279 g/mol. The Kier molecular flexibility index (Phi) is 4.37. The molecule has 20 heavy (non-hydrogen) atoms. The molecule has 0 bridgehead atoms. The zero-order chi connectivity index (χ0) is 14.7. The molecule has 0 radical (unpaired) electrons. The fraction of sp³-hybridized carbons (Fsp3) is 0.533. The van der Waals surface area contributed by atoms with Crippen LogP contribution in [0.1, 0.15) is 31.2 Å². The van der Waals surface area contributed by atoms with Crippen molar-refractivity contribution in [3.05, 3.63) is 17.7 Å². The van der Waals surface area contributed by atoms with E-state index in [1.165, 1.54) is 12.8 Å². The molecule has 1 saturated heterocycles. The number of aliphatic carboxylic acids is 1. The quantitative estimate of drug-likeness (QED) is 0.897. The van der Waals surface area contributed by atoms with Crippen LogP contribution >= 0.6 is 0 Å². The van der Waals surface area contributed by atoms with E-state index in [4.69, 9.17) is 9.47 Å². The van der Waals surface area contributed by atoms with Gasteiger partial charge in [0.25, 0.3) is 0 Å². The Bertz CT molecular complexity index is 495. The average Bonchev–Trinajstić information content (AvgIpc) is 2.98. The predicted molar refractivity (Wildman–Crippen MR) is 77.0 cm³/mol. The monoisotopic (exact) mass is 279 g/mol. The highest BCUT2D eigenvalue weighted by molar-refractivity contribution is 5.78. The minimum Gasteiger partial charge on any atom is -0.496 e. The van der Waals surface area contributed by atoms with Gasteiger partial charge in [0.05, 0.1) is 25.8 Å². The number of hydrogen-bond acceptors (Lipinski definition) is 4. The van der Waals surface area contributed by atoms with Gasteiger partial charge in [-0.15, -0.1) is 0 Å². The summed E-state index contributed by atoms with van der Waals surface area (Å²) in [5, 5.41) is 9.19. The molecule has 0 spiro atoms. The fourth-order valence-electron chi connectivity index (χ4n) is 2.58. The van der Waals surface area contributed by atoms with E-state index in [1.54, 1.807) is 27.2 Å². The molecular weight excluding hydrogens is 258 g/mol. The van der Waals surface area contributed by atoms with E-state index in [2.05, 4.69) is 4.90 Å². The molecule has 1 fully saturated rings. The van der Waals surface area contributed by atoms with Crippen molar-refractivity contribution in [3.8, 4) is 11.5 Å². The van der Waals surface area contributed by atoms with Crippen LogP contribution < -0.4 is 14.4 Å². The largest absolute Gasteiger partial charge is 0.496 e. The van der Waals surface area contributed by atoms with Crippen LogP contribution in [-0.4, -0.2) is 38.4 Å². The van der Waals surface area contributed by atoms with Crippen molar-refractivity contribution >= 4 is 11.7 Å². The van der Waals surface area contributed by atoms with Crippen LogP contribution in [0.3, 0.4) is 0 Å². The van der Waals surface area contributed by atoms with Crippen molar-refractivity contribution < 1.29 is 19.4 Å². The van der Waals surface area contributed by atoms with Gasteiger partial charge in [0, 0.05) is 24.7 Å². The van der Waals surface area contributed by atoms with Crippen LogP contribution in [0.15, 0.2) is 12.1 Å². The van der Waals surface area contributed by atoms with Gasteiger partial charge in [0.2, 0.25) is 0 Å². The van der Waals surface area contributed by atoms with E-state index in [-0.39, 0.29) is 0 Å². The summed E-state index contributed by atoms with van der Waals surface area (Å²) in [6, 6.07) is 3.67. The summed E-state index contributed by atoms with van der Waals surface area (Å²) < 4.78 is 10.8. The molecule has 0 saturated carbocycles. The standard InChI is InChI=1S/C15H21NO4/c1-10(15(17)18)11-8-14(20-3)12(9-13(11)19-2)16-6-4-5-7-16/h8-10H,4-7H2,1-3H3,(H,17,18). The predicted octanol–water partition coefficient (Wildman–Crippen LogP) is 2.49. The van der Waals surface area contributed by atoms with E-state index in [1.807, 2.05) is 6.07 Å². The molecular formula is C15H21NO4. The first kappa shape index (κ1) is 14.5. The smallest absolute Gasteiger partial charge is 0.310 e. The number of rotatable bonds is 5. The second kappa shape index (κ2) is 6.03. The first-order valence-corrected chi connectivity index (χ1v) is 6.82. The molecule has 5 heteroatoms. The Labute approximate surface area is 119 Å². The summed E-state index contributed by atoms with van der Waals surface area (Å²) in [5.74, 6) is -0.204. The molecule has 0 aromatic heterocycles. The number of anilines is 1. The summed E-state index contributed by atoms with van der Waals surface area (Å²) in [6.45, 7) is 3.63. The highest BCUT2D eigenvalue weighted by Gasteiger charge is 2.24. The molecule has 1 N–H and O–H groups in total. The van der Waals surface area contributed by atoms with Crippen LogP contribution in [0.2, 0.25) is 0 Å². The fourth-order valence-corrected chi connectivity index (χ4v) is 2.58. The lowest BCUT2D eigenvalue weighted by molar-refractivity contribution is -0.138. The summed E-state index contributed by atoms with van der Waals surface area (Å²) in [7, 11) is 3.17. The molecule has 5 nitrogen and oxygen atoms in total. The maximum absolute atomic E-state index is 11.2. The van der Waals surface area contributed by atoms with Crippen molar-refractivity contribution in [2.75, 3.05) is 32.2 Å². The molecule has 2 rings (SSSR count). The third-order valence-corrected chi connectivity index (χ3v) is 3.81. The maximum atomic E-state index is 11.2. The molecule has 1 unspecified atom stereocenters. The van der Waals surface area contributed by atoms with E-state index < -0.39 is 11.9 Å². The van der Waals surface area contributed by atoms with Gasteiger partial charge in [0.1, 0.15) is 11.5 Å². The Morgan fingerprint density at radius 2 is 1.80 bits per heavy atom. The number of methoxy groups -OCH3 is 2. The molecule has 1 aromatic carbocycles. The first-order valence-electron chi connectivity index (χ1n) is 6.82. The lowest BCUT2D eigenvalue weighted by Crippen LogP contribution is -2.19. The number of ether oxygens (including phenoxy) is 2. The number of carboxylic acid groups (broad SMARTS) is 1. The van der Waals surface area contributed by atoms with Gasteiger partial charge in [-0.05, 0) is 25.8 Å². The highest BCUT2D eigenvalue weighted by atomic mass is 16.5. The lowest BCUT2D eigenvalue weighted by Gasteiger charge is -2.23. The summed E-state index contributed by atoms with van der Waals surface area (Å²) in [4.78, 5) is 13.4. The van der Waals surface area contributed by atoms with E-state index in [0.717, 1.165) is 18.8 Å². The second-order valence-corrected chi connectivity index (χ2v) is 5.02.